The van der Waals surface area contributed by atoms with Crippen molar-refractivity contribution >= 4 is 33.5 Å². The quantitative estimate of drug-likeness (QED) is 0.422. The van der Waals surface area contributed by atoms with Gasteiger partial charge in [0.2, 0.25) is 0 Å². The Hall–Kier alpha value is -4.19. The third kappa shape index (κ3) is 3.59. The largest absolute Gasteiger partial charge is 0.478 e. The van der Waals surface area contributed by atoms with Crippen molar-refractivity contribution in [2.75, 3.05) is 11.9 Å². The molecule has 0 aliphatic heterocycles. The van der Waals surface area contributed by atoms with Crippen molar-refractivity contribution in [3.63, 3.8) is 0 Å². The van der Waals surface area contributed by atoms with Gasteiger partial charge in [-0.3, -0.25) is 5.10 Å². The Morgan fingerprint density at radius 2 is 1.84 bits per heavy atom. The van der Waals surface area contributed by atoms with Gasteiger partial charge in [-0.15, -0.1) is 0 Å². The van der Waals surface area contributed by atoms with Crippen LogP contribution in [0.4, 0.5) is 5.69 Å². The minimum Gasteiger partial charge on any atom is -0.478 e. The van der Waals surface area contributed by atoms with E-state index >= 15 is 0 Å². The molecule has 5 aromatic rings. The van der Waals surface area contributed by atoms with E-state index in [0.29, 0.717) is 6.54 Å². The average Bonchev–Trinajstić information content (AvgIpc) is 3.26. The Morgan fingerprint density at radius 3 is 2.65 bits per heavy atom. The van der Waals surface area contributed by atoms with Crippen LogP contribution in [0.15, 0.2) is 79.0 Å². The van der Waals surface area contributed by atoms with Gasteiger partial charge in [0.15, 0.2) is 0 Å². The number of aromatic amines is 1. The van der Waals surface area contributed by atoms with Crippen molar-refractivity contribution < 1.29 is 9.90 Å². The lowest BCUT2D eigenvalue weighted by Crippen LogP contribution is -2.17. The molecule has 6 heteroatoms. The van der Waals surface area contributed by atoms with E-state index in [9.17, 15) is 9.90 Å². The topological polar surface area (TPSA) is 82.1 Å². The fraction of sp³-hybridized carbons (Fsp3) is 0.0800. The molecule has 0 saturated carbocycles. The van der Waals surface area contributed by atoms with Crippen LogP contribution in [0.25, 0.3) is 33.1 Å². The van der Waals surface area contributed by atoms with Gasteiger partial charge < -0.3 is 10.0 Å². The van der Waals surface area contributed by atoms with Gasteiger partial charge in [0.05, 0.1) is 34.2 Å². The predicted octanol–water partition coefficient (Wildman–Crippen LogP) is 5.11. The van der Waals surface area contributed by atoms with E-state index in [0.717, 1.165) is 38.8 Å². The van der Waals surface area contributed by atoms with Crippen LogP contribution in [-0.2, 0) is 6.54 Å². The fourth-order valence-electron chi connectivity index (χ4n) is 3.83. The number of H-pyrrole nitrogens is 1. The number of aromatic carboxylic acids is 1. The molecule has 0 spiro atoms. The van der Waals surface area contributed by atoms with Gasteiger partial charge >= 0.3 is 5.97 Å². The number of carboxylic acid groups (broad SMARTS) is 1. The third-order valence-corrected chi connectivity index (χ3v) is 5.43. The Balaban J connectivity index is 1.68. The zero-order valence-corrected chi connectivity index (χ0v) is 16.9. The highest BCUT2D eigenvalue weighted by Crippen LogP contribution is 2.34. The predicted molar refractivity (Wildman–Crippen MR) is 122 cm³/mol. The Kier molecular flexibility index (Phi) is 4.59. The molecule has 0 atom stereocenters. The van der Waals surface area contributed by atoms with E-state index in [-0.39, 0.29) is 5.56 Å². The molecular weight excluding hydrogens is 388 g/mol. The molecule has 0 fully saturated rings. The fourth-order valence-corrected chi connectivity index (χ4v) is 3.83. The van der Waals surface area contributed by atoms with Gasteiger partial charge in [-0.1, -0.05) is 36.4 Å². The maximum atomic E-state index is 11.5. The number of fused-ring (bicyclic) bond motifs is 2. The summed E-state index contributed by atoms with van der Waals surface area (Å²) in [5.74, 6) is -0.949. The van der Waals surface area contributed by atoms with Crippen molar-refractivity contribution in [2.24, 2.45) is 0 Å². The summed E-state index contributed by atoms with van der Waals surface area (Å²) in [5.41, 5.74) is 5.91. The molecule has 0 aliphatic carbocycles. The molecule has 0 radical (unpaired) electrons. The summed E-state index contributed by atoms with van der Waals surface area (Å²) in [6.07, 6.45) is 1.80. The maximum Gasteiger partial charge on any atom is 0.335 e. The molecule has 0 bridgehead atoms. The first-order chi connectivity index (χ1) is 15.1. The first-order valence-electron chi connectivity index (χ1n) is 9.95. The van der Waals surface area contributed by atoms with Crippen molar-refractivity contribution in [2.45, 2.75) is 6.54 Å². The van der Waals surface area contributed by atoms with E-state index < -0.39 is 5.97 Å². The zero-order chi connectivity index (χ0) is 21.4. The summed E-state index contributed by atoms with van der Waals surface area (Å²) in [4.78, 5) is 18.5. The number of hydrogen-bond donors (Lipinski definition) is 2. The van der Waals surface area contributed by atoms with E-state index in [1.807, 2.05) is 43.4 Å². The van der Waals surface area contributed by atoms with Crippen molar-refractivity contribution in [3.8, 4) is 11.3 Å². The SMILES string of the molecule is CN(Cc1ccccc1)c1cc2cc(C(=O)O)ccc2nc1-c1ccc2[nH]ncc2c1. The number of pyridine rings is 1. The van der Waals surface area contributed by atoms with E-state index in [4.69, 9.17) is 4.98 Å². The number of hydrogen-bond acceptors (Lipinski definition) is 4. The number of anilines is 1. The first-order valence-corrected chi connectivity index (χ1v) is 9.95. The molecule has 0 unspecified atom stereocenters. The lowest BCUT2D eigenvalue weighted by molar-refractivity contribution is 0.0697. The highest BCUT2D eigenvalue weighted by molar-refractivity contribution is 5.96. The normalized spacial score (nSPS) is 11.1. The van der Waals surface area contributed by atoms with Crippen LogP contribution in [-0.4, -0.2) is 33.3 Å². The minimum atomic E-state index is -0.949. The molecule has 31 heavy (non-hydrogen) atoms. The number of rotatable bonds is 5. The van der Waals surface area contributed by atoms with Gasteiger partial charge in [0.25, 0.3) is 0 Å². The van der Waals surface area contributed by atoms with Gasteiger partial charge in [0, 0.05) is 29.9 Å². The van der Waals surface area contributed by atoms with Crippen LogP contribution >= 0.6 is 0 Å². The minimum absolute atomic E-state index is 0.249. The molecule has 152 valence electrons. The standard InChI is InChI=1S/C25H20N4O2/c1-29(15-16-5-3-2-4-6-16)23-13-19-12-18(25(30)31)8-9-21(19)27-24(23)17-7-10-22-20(11-17)14-26-28-22/h2-14H,15H2,1H3,(H,26,28)(H,30,31). The van der Waals surface area contributed by atoms with Crippen molar-refractivity contribution in [3.05, 3.63) is 90.1 Å². The molecule has 2 aromatic heterocycles. The summed E-state index contributed by atoms with van der Waals surface area (Å²) in [7, 11) is 2.02. The highest BCUT2D eigenvalue weighted by Gasteiger charge is 2.15. The second-order valence-corrected chi connectivity index (χ2v) is 7.58. The number of carboxylic acids is 1. The number of nitrogens with zero attached hydrogens (tertiary/aromatic N) is 3. The zero-order valence-electron chi connectivity index (χ0n) is 16.9. The Labute approximate surface area is 178 Å². The lowest BCUT2D eigenvalue weighted by atomic mass is 10.0. The number of carbonyl (C=O) groups is 1. The monoisotopic (exact) mass is 408 g/mol. The van der Waals surface area contributed by atoms with Crippen LogP contribution in [0.2, 0.25) is 0 Å². The first kappa shape index (κ1) is 18.8. The Bertz CT molecular complexity index is 1410. The summed E-state index contributed by atoms with van der Waals surface area (Å²) >= 11 is 0. The van der Waals surface area contributed by atoms with E-state index in [1.165, 1.54) is 5.56 Å². The highest BCUT2D eigenvalue weighted by atomic mass is 16.4. The second kappa shape index (κ2) is 7.57. The smallest absolute Gasteiger partial charge is 0.335 e. The molecular formula is C25H20N4O2. The number of aromatic nitrogens is 3. The summed E-state index contributed by atoms with van der Waals surface area (Å²) < 4.78 is 0. The average molecular weight is 408 g/mol. The van der Waals surface area contributed by atoms with Gasteiger partial charge in [-0.25, -0.2) is 9.78 Å². The molecule has 0 aliphatic rings. The van der Waals surface area contributed by atoms with Crippen molar-refractivity contribution in [1.29, 1.82) is 0 Å². The van der Waals surface area contributed by atoms with E-state index in [1.54, 1.807) is 24.4 Å². The third-order valence-electron chi connectivity index (χ3n) is 5.43. The second-order valence-electron chi connectivity index (χ2n) is 7.58. The van der Waals surface area contributed by atoms with Crippen LogP contribution < -0.4 is 4.90 Å². The molecule has 0 saturated heterocycles. The van der Waals surface area contributed by atoms with Crippen LogP contribution in [0.5, 0.6) is 0 Å². The van der Waals surface area contributed by atoms with Crippen LogP contribution in [0.1, 0.15) is 15.9 Å². The van der Waals surface area contributed by atoms with Gasteiger partial charge in [-0.05, 0) is 42.0 Å². The molecule has 6 nitrogen and oxygen atoms in total. The van der Waals surface area contributed by atoms with Crippen molar-refractivity contribution in [1.82, 2.24) is 15.2 Å². The number of benzene rings is 3. The van der Waals surface area contributed by atoms with Gasteiger partial charge in [-0.2, -0.15) is 5.10 Å². The molecule has 2 N–H and O–H groups in total. The molecule has 3 aromatic carbocycles. The van der Waals surface area contributed by atoms with E-state index in [2.05, 4.69) is 33.3 Å². The molecule has 2 heterocycles. The van der Waals surface area contributed by atoms with Gasteiger partial charge in [0.1, 0.15) is 0 Å². The summed E-state index contributed by atoms with van der Waals surface area (Å²) in [6.45, 7) is 0.702. The number of nitrogens with one attached hydrogen (secondary N) is 1. The molecule has 0 amide bonds. The molecule has 5 rings (SSSR count). The lowest BCUT2D eigenvalue weighted by Gasteiger charge is -2.23. The van der Waals surface area contributed by atoms with Crippen LogP contribution in [0, 0.1) is 0 Å². The summed E-state index contributed by atoms with van der Waals surface area (Å²) in [6, 6.07) is 23.4. The Morgan fingerprint density at radius 1 is 1.00 bits per heavy atom. The summed E-state index contributed by atoms with van der Waals surface area (Å²) in [5, 5.41) is 18.3. The van der Waals surface area contributed by atoms with Crippen LogP contribution in [0.3, 0.4) is 0 Å². The maximum absolute atomic E-state index is 11.5.